The fraction of sp³-hybridized carbons (Fsp3) is 0.105. The normalized spacial score (nSPS) is 10.4. The fourth-order valence-corrected chi connectivity index (χ4v) is 3.19. The van der Waals surface area contributed by atoms with Gasteiger partial charge in [-0.1, -0.05) is 0 Å². The van der Waals surface area contributed by atoms with Gasteiger partial charge in [-0.15, -0.1) is 11.3 Å². The molecule has 1 N–H and O–H groups in total. The van der Waals surface area contributed by atoms with Crippen LogP contribution in [0.5, 0.6) is 11.5 Å². The van der Waals surface area contributed by atoms with E-state index < -0.39 is 22.5 Å². The van der Waals surface area contributed by atoms with E-state index in [9.17, 15) is 23.7 Å². The number of nitrogens with zero attached hydrogens (tertiary/aromatic N) is 1. The van der Waals surface area contributed by atoms with E-state index in [4.69, 9.17) is 9.47 Å². The fourth-order valence-electron chi connectivity index (χ4n) is 2.40. The highest BCUT2D eigenvalue weighted by Crippen LogP contribution is 2.30. The van der Waals surface area contributed by atoms with Crippen molar-refractivity contribution in [2.45, 2.75) is 6.61 Å². The van der Waals surface area contributed by atoms with Gasteiger partial charge in [-0.05, 0) is 35.7 Å². The molecular weight excluding hydrogens is 406 g/mol. The Bertz CT molecular complexity index is 1070. The average Bonchev–Trinajstić information content (AvgIpc) is 3.16. The molecule has 0 aliphatic heterocycles. The van der Waals surface area contributed by atoms with E-state index in [2.05, 4.69) is 5.32 Å². The highest BCUT2D eigenvalue weighted by Gasteiger charge is 2.19. The van der Waals surface area contributed by atoms with Crippen molar-refractivity contribution >= 4 is 28.6 Å². The minimum atomic E-state index is -0.829. The molecule has 29 heavy (non-hydrogen) atoms. The van der Waals surface area contributed by atoms with E-state index in [1.165, 1.54) is 37.4 Å². The number of carbonyl (C=O) groups excluding carboxylic acids is 1. The van der Waals surface area contributed by atoms with E-state index >= 15 is 0 Å². The summed E-state index contributed by atoms with van der Waals surface area (Å²) in [6, 6.07) is 8.57. The Labute approximate surface area is 167 Å². The molecule has 0 aliphatic carbocycles. The van der Waals surface area contributed by atoms with Crippen molar-refractivity contribution in [1.29, 1.82) is 0 Å². The van der Waals surface area contributed by atoms with Gasteiger partial charge < -0.3 is 14.8 Å². The summed E-state index contributed by atoms with van der Waals surface area (Å²) in [6.45, 7) is -0.0327. The number of nitrogens with one attached hydrogen (secondary N) is 1. The molecule has 1 heterocycles. The standard InChI is InChI=1S/C19H14F2N2O5S/c1-27-13-3-4-15(16(8-13)23(25)26)22-19(24)18-6-11(10-29-18)9-28-17-5-2-12(20)7-14(17)21/h2-8,10H,9H2,1H3,(H,22,24). The Balaban J connectivity index is 1.69. The van der Waals surface area contributed by atoms with E-state index in [0.29, 0.717) is 17.4 Å². The second-order valence-electron chi connectivity index (χ2n) is 5.78. The third kappa shape index (κ3) is 4.85. The zero-order chi connectivity index (χ0) is 21.0. The predicted molar refractivity (Wildman–Crippen MR) is 103 cm³/mol. The molecule has 3 rings (SSSR count). The van der Waals surface area contributed by atoms with Gasteiger partial charge in [-0.2, -0.15) is 0 Å². The Kier molecular flexibility index (Phi) is 6.03. The molecule has 150 valence electrons. The SMILES string of the molecule is COc1ccc(NC(=O)c2cc(COc3ccc(F)cc3F)cs2)c([N+](=O)[O-])c1. The number of nitro groups is 1. The monoisotopic (exact) mass is 420 g/mol. The van der Waals surface area contributed by atoms with Gasteiger partial charge in [-0.3, -0.25) is 14.9 Å². The van der Waals surface area contributed by atoms with Gasteiger partial charge in [0, 0.05) is 11.6 Å². The van der Waals surface area contributed by atoms with Crippen LogP contribution in [0.25, 0.3) is 0 Å². The van der Waals surface area contributed by atoms with Crippen LogP contribution in [0.3, 0.4) is 0 Å². The number of nitro benzene ring substituents is 1. The first kappa shape index (κ1) is 20.2. The summed E-state index contributed by atoms with van der Waals surface area (Å²) < 4.78 is 36.8. The number of hydrogen-bond acceptors (Lipinski definition) is 6. The second-order valence-corrected chi connectivity index (χ2v) is 6.69. The third-order valence-electron chi connectivity index (χ3n) is 3.82. The summed E-state index contributed by atoms with van der Waals surface area (Å²) in [4.78, 5) is 23.3. The number of carbonyl (C=O) groups is 1. The number of hydrogen-bond donors (Lipinski definition) is 1. The molecule has 3 aromatic rings. The van der Waals surface area contributed by atoms with Crippen LogP contribution in [-0.4, -0.2) is 17.9 Å². The van der Waals surface area contributed by atoms with E-state index in [1.807, 2.05) is 0 Å². The van der Waals surface area contributed by atoms with Gasteiger partial charge in [0.2, 0.25) is 0 Å². The molecule has 0 aliphatic rings. The lowest BCUT2D eigenvalue weighted by atomic mass is 10.2. The number of benzene rings is 2. The lowest BCUT2D eigenvalue weighted by molar-refractivity contribution is -0.384. The lowest BCUT2D eigenvalue weighted by Crippen LogP contribution is -2.11. The number of ether oxygens (including phenoxy) is 2. The number of anilines is 1. The minimum absolute atomic E-state index is 0.0281. The maximum atomic E-state index is 13.6. The molecule has 0 fully saturated rings. The molecule has 0 bridgehead atoms. The van der Waals surface area contributed by atoms with Crippen LogP contribution >= 0.6 is 11.3 Å². The van der Waals surface area contributed by atoms with Crippen LogP contribution in [0.15, 0.2) is 47.8 Å². The molecular formula is C19H14F2N2O5S. The molecule has 0 spiro atoms. The molecule has 10 heteroatoms. The number of rotatable bonds is 7. The summed E-state index contributed by atoms with van der Waals surface area (Å²) in [6.07, 6.45) is 0. The predicted octanol–water partition coefficient (Wildman–Crippen LogP) is 4.77. The topological polar surface area (TPSA) is 90.7 Å². The molecule has 0 saturated heterocycles. The largest absolute Gasteiger partial charge is 0.496 e. The number of halogens is 2. The quantitative estimate of drug-likeness (QED) is 0.439. The Morgan fingerprint density at radius 2 is 2.00 bits per heavy atom. The maximum absolute atomic E-state index is 13.6. The van der Waals surface area contributed by atoms with Crippen LogP contribution in [0, 0.1) is 21.7 Å². The first-order valence-electron chi connectivity index (χ1n) is 8.16. The van der Waals surface area contributed by atoms with E-state index in [1.54, 1.807) is 5.38 Å². The molecule has 0 radical (unpaired) electrons. The van der Waals surface area contributed by atoms with Crippen molar-refractivity contribution in [2.24, 2.45) is 0 Å². The van der Waals surface area contributed by atoms with Gasteiger partial charge in [0.1, 0.15) is 23.9 Å². The Hall–Kier alpha value is -3.53. The first-order valence-corrected chi connectivity index (χ1v) is 9.04. The minimum Gasteiger partial charge on any atom is -0.496 e. The average molecular weight is 420 g/mol. The second kappa shape index (κ2) is 8.65. The lowest BCUT2D eigenvalue weighted by Gasteiger charge is -2.07. The zero-order valence-corrected chi connectivity index (χ0v) is 15.8. The number of amides is 1. The summed E-state index contributed by atoms with van der Waals surface area (Å²) in [5, 5.41) is 15.3. The molecule has 7 nitrogen and oxygen atoms in total. The van der Waals surface area contributed by atoms with Gasteiger partial charge in [0.25, 0.3) is 11.6 Å². The van der Waals surface area contributed by atoms with Gasteiger partial charge in [0.15, 0.2) is 11.6 Å². The van der Waals surface area contributed by atoms with Crippen LogP contribution < -0.4 is 14.8 Å². The smallest absolute Gasteiger partial charge is 0.296 e. The zero-order valence-electron chi connectivity index (χ0n) is 15.0. The third-order valence-corrected chi connectivity index (χ3v) is 4.79. The number of methoxy groups -OCH3 is 1. The van der Waals surface area contributed by atoms with Crippen LogP contribution in [0.2, 0.25) is 0 Å². The van der Waals surface area contributed by atoms with Crippen LogP contribution in [0.4, 0.5) is 20.2 Å². The summed E-state index contributed by atoms with van der Waals surface area (Å²) in [5.74, 6) is -1.90. The first-order chi connectivity index (χ1) is 13.9. The molecule has 2 aromatic carbocycles. The van der Waals surface area contributed by atoms with Crippen molar-refractivity contribution in [3.8, 4) is 11.5 Å². The van der Waals surface area contributed by atoms with Crippen molar-refractivity contribution in [2.75, 3.05) is 12.4 Å². The van der Waals surface area contributed by atoms with Crippen molar-refractivity contribution in [1.82, 2.24) is 0 Å². The highest BCUT2D eigenvalue weighted by molar-refractivity contribution is 7.12. The van der Waals surface area contributed by atoms with Crippen molar-refractivity contribution in [3.05, 3.63) is 80.0 Å². The van der Waals surface area contributed by atoms with Gasteiger partial charge in [0.05, 0.1) is 23.0 Å². The summed E-state index contributed by atoms with van der Waals surface area (Å²) in [5.41, 5.74) is 0.318. The molecule has 0 unspecified atom stereocenters. The molecule has 0 saturated carbocycles. The van der Waals surface area contributed by atoms with Gasteiger partial charge in [-0.25, -0.2) is 8.78 Å². The molecule has 1 amide bonds. The summed E-state index contributed by atoms with van der Waals surface area (Å²) >= 11 is 1.10. The summed E-state index contributed by atoms with van der Waals surface area (Å²) in [7, 11) is 1.38. The molecule has 1 aromatic heterocycles. The van der Waals surface area contributed by atoms with Crippen LogP contribution in [-0.2, 0) is 6.61 Å². The Morgan fingerprint density at radius 1 is 1.21 bits per heavy atom. The Morgan fingerprint density at radius 3 is 2.69 bits per heavy atom. The van der Waals surface area contributed by atoms with Gasteiger partial charge >= 0.3 is 0 Å². The van der Waals surface area contributed by atoms with Crippen molar-refractivity contribution in [3.63, 3.8) is 0 Å². The maximum Gasteiger partial charge on any atom is 0.296 e. The van der Waals surface area contributed by atoms with Crippen LogP contribution in [0.1, 0.15) is 15.2 Å². The van der Waals surface area contributed by atoms with E-state index in [-0.39, 0.29) is 28.6 Å². The molecule has 0 atom stereocenters. The van der Waals surface area contributed by atoms with E-state index in [0.717, 1.165) is 17.4 Å². The van der Waals surface area contributed by atoms with Crippen molar-refractivity contribution < 1.29 is 28.0 Å². The number of thiophene rings is 1. The highest BCUT2D eigenvalue weighted by atomic mass is 32.1.